The Bertz CT molecular complexity index is 573. The van der Waals surface area contributed by atoms with E-state index in [4.69, 9.17) is 4.74 Å². The molecule has 1 aliphatic heterocycles. The second kappa shape index (κ2) is 5.08. The maximum absolute atomic E-state index is 11.8. The van der Waals surface area contributed by atoms with Crippen LogP contribution >= 0.6 is 0 Å². The van der Waals surface area contributed by atoms with Crippen molar-refractivity contribution in [1.82, 2.24) is 0 Å². The molecule has 0 unspecified atom stereocenters. The van der Waals surface area contributed by atoms with Crippen LogP contribution in [0.15, 0.2) is 49.1 Å². The predicted molar refractivity (Wildman–Crippen MR) is 75.3 cm³/mol. The molecule has 1 saturated heterocycles. The standard InChI is InChI=1S/C17H16O3/c1-2-12-10-13(9-8-11-6-4-3-5-7-11)15-14(12)16(18)20-17(15)19/h2-9,12-15H,1,10H2/b9-8+/t12-,13+,14-,15+/m1/s1. The molecule has 1 aromatic rings. The summed E-state index contributed by atoms with van der Waals surface area (Å²) in [5.41, 5.74) is 1.09. The average Bonchev–Trinajstić information content (AvgIpc) is 2.97. The average molecular weight is 268 g/mol. The van der Waals surface area contributed by atoms with Gasteiger partial charge in [0.2, 0.25) is 0 Å². The lowest BCUT2D eigenvalue weighted by Gasteiger charge is -2.08. The summed E-state index contributed by atoms with van der Waals surface area (Å²) in [5, 5.41) is 0. The largest absolute Gasteiger partial charge is 0.393 e. The fourth-order valence-electron chi connectivity index (χ4n) is 3.26. The van der Waals surface area contributed by atoms with Crippen LogP contribution in [0.4, 0.5) is 0 Å². The highest BCUT2D eigenvalue weighted by molar-refractivity contribution is 5.97. The molecule has 0 spiro atoms. The smallest absolute Gasteiger partial charge is 0.318 e. The van der Waals surface area contributed by atoms with Crippen LogP contribution in [-0.2, 0) is 14.3 Å². The number of allylic oxidation sites excluding steroid dienone is 2. The van der Waals surface area contributed by atoms with Crippen LogP contribution in [-0.4, -0.2) is 11.9 Å². The lowest BCUT2D eigenvalue weighted by molar-refractivity contribution is -0.154. The Morgan fingerprint density at radius 1 is 1.05 bits per heavy atom. The van der Waals surface area contributed by atoms with E-state index in [1.54, 1.807) is 6.08 Å². The van der Waals surface area contributed by atoms with E-state index < -0.39 is 0 Å². The third kappa shape index (κ3) is 2.09. The number of carbonyl (C=O) groups excluding carboxylic acids is 2. The van der Waals surface area contributed by atoms with Crippen LogP contribution < -0.4 is 0 Å². The minimum Gasteiger partial charge on any atom is -0.393 e. The summed E-state index contributed by atoms with van der Waals surface area (Å²) in [6, 6.07) is 9.91. The van der Waals surface area contributed by atoms with Crippen LogP contribution in [0.25, 0.3) is 6.08 Å². The van der Waals surface area contributed by atoms with Gasteiger partial charge < -0.3 is 4.74 Å². The molecule has 0 radical (unpaired) electrons. The van der Waals surface area contributed by atoms with E-state index in [1.807, 2.05) is 42.5 Å². The van der Waals surface area contributed by atoms with Crippen molar-refractivity contribution >= 4 is 18.0 Å². The fourth-order valence-corrected chi connectivity index (χ4v) is 3.26. The van der Waals surface area contributed by atoms with Gasteiger partial charge in [0.15, 0.2) is 0 Å². The zero-order valence-corrected chi connectivity index (χ0v) is 11.1. The van der Waals surface area contributed by atoms with Gasteiger partial charge >= 0.3 is 11.9 Å². The summed E-state index contributed by atoms with van der Waals surface area (Å²) < 4.78 is 4.78. The number of ether oxygens (including phenoxy) is 1. The number of cyclic esters (lactones) is 2. The molecule has 0 amide bonds. The molecule has 3 rings (SSSR count). The molecular weight excluding hydrogens is 252 g/mol. The van der Waals surface area contributed by atoms with Crippen molar-refractivity contribution in [2.75, 3.05) is 0 Å². The third-order valence-electron chi connectivity index (χ3n) is 4.24. The van der Waals surface area contributed by atoms with Gasteiger partial charge in [-0.15, -0.1) is 6.58 Å². The van der Waals surface area contributed by atoms with E-state index in [1.165, 1.54) is 0 Å². The molecule has 1 heterocycles. The Kier molecular flexibility index (Phi) is 3.26. The second-order valence-electron chi connectivity index (χ2n) is 5.36. The van der Waals surface area contributed by atoms with Crippen LogP contribution in [0.5, 0.6) is 0 Å². The van der Waals surface area contributed by atoms with E-state index in [0.29, 0.717) is 0 Å². The maximum atomic E-state index is 11.8. The van der Waals surface area contributed by atoms with Gasteiger partial charge in [-0.25, -0.2) is 0 Å². The number of hydrogen-bond donors (Lipinski definition) is 0. The van der Waals surface area contributed by atoms with Crippen molar-refractivity contribution < 1.29 is 14.3 Å². The topological polar surface area (TPSA) is 43.4 Å². The minimum absolute atomic E-state index is 0.0318. The lowest BCUT2D eigenvalue weighted by atomic mass is 9.89. The number of hydrogen-bond acceptors (Lipinski definition) is 3. The normalized spacial score (nSPS) is 32.4. The molecule has 0 N–H and O–H groups in total. The molecule has 102 valence electrons. The van der Waals surface area contributed by atoms with Gasteiger partial charge in [0.1, 0.15) is 0 Å². The molecule has 1 aromatic carbocycles. The maximum Gasteiger partial charge on any atom is 0.318 e. The monoisotopic (exact) mass is 268 g/mol. The summed E-state index contributed by atoms with van der Waals surface area (Å²) in [4.78, 5) is 23.6. The molecule has 1 aliphatic carbocycles. The fraction of sp³-hybridized carbons (Fsp3) is 0.294. The van der Waals surface area contributed by atoms with E-state index in [2.05, 4.69) is 6.58 Å². The Labute approximate surface area is 117 Å². The van der Waals surface area contributed by atoms with Crippen molar-refractivity contribution in [3.05, 3.63) is 54.6 Å². The number of carbonyl (C=O) groups is 2. The van der Waals surface area contributed by atoms with Crippen LogP contribution in [0, 0.1) is 23.7 Å². The van der Waals surface area contributed by atoms with Gasteiger partial charge in [0, 0.05) is 0 Å². The van der Waals surface area contributed by atoms with Crippen molar-refractivity contribution in [2.45, 2.75) is 6.42 Å². The first-order valence-electron chi connectivity index (χ1n) is 6.82. The highest BCUT2D eigenvalue weighted by Gasteiger charge is 2.55. The van der Waals surface area contributed by atoms with Crippen LogP contribution in [0.1, 0.15) is 12.0 Å². The first kappa shape index (κ1) is 12.9. The molecule has 3 heteroatoms. The molecule has 4 atom stereocenters. The Hall–Kier alpha value is -2.16. The second-order valence-corrected chi connectivity index (χ2v) is 5.36. The molecule has 2 aliphatic rings. The van der Waals surface area contributed by atoms with E-state index in [0.717, 1.165) is 12.0 Å². The molecule has 20 heavy (non-hydrogen) atoms. The van der Waals surface area contributed by atoms with Gasteiger partial charge in [-0.1, -0.05) is 48.6 Å². The van der Waals surface area contributed by atoms with Crippen molar-refractivity contribution in [3.8, 4) is 0 Å². The van der Waals surface area contributed by atoms with E-state index >= 15 is 0 Å². The highest BCUT2D eigenvalue weighted by Crippen LogP contribution is 2.47. The van der Waals surface area contributed by atoms with E-state index in [9.17, 15) is 9.59 Å². The summed E-state index contributed by atoms with van der Waals surface area (Å²) in [6.07, 6.45) is 6.58. The lowest BCUT2D eigenvalue weighted by Crippen LogP contribution is -2.19. The Balaban J connectivity index is 1.84. The Morgan fingerprint density at radius 3 is 2.35 bits per heavy atom. The highest BCUT2D eigenvalue weighted by atomic mass is 16.6. The van der Waals surface area contributed by atoms with Crippen LogP contribution in [0.2, 0.25) is 0 Å². The van der Waals surface area contributed by atoms with Gasteiger partial charge in [-0.2, -0.15) is 0 Å². The molecular formula is C17H16O3. The quantitative estimate of drug-likeness (QED) is 0.481. The predicted octanol–water partition coefficient (Wildman–Crippen LogP) is 2.84. The van der Waals surface area contributed by atoms with Crippen molar-refractivity contribution in [1.29, 1.82) is 0 Å². The molecule has 1 saturated carbocycles. The Morgan fingerprint density at radius 2 is 1.70 bits per heavy atom. The van der Waals surface area contributed by atoms with Gasteiger partial charge in [-0.05, 0) is 23.8 Å². The first-order chi connectivity index (χ1) is 9.70. The zero-order chi connectivity index (χ0) is 14.1. The number of rotatable bonds is 3. The van der Waals surface area contributed by atoms with Crippen molar-refractivity contribution in [3.63, 3.8) is 0 Å². The minimum atomic E-state index is -0.388. The van der Waals surface area contributed by atoms with Crippen LogP contribution in [0.3, 0.4) is 0 Å². The number of fused-ring (bicyclic) bond motifs is 1. The van der Waals surface area contributed by atoms with Crippen molar-refractivity contribution in [2.24, 2.45) is 23.7 Å². The molecule has 2 fully saturated rings. The summed E-state index contributed by atoms with van der Waals surface area (Å²) in [6.45, 7) is 3.77. The van der Waals surface area contributed by atoms with Gasteiger partial charge in [-0.3, -0.25) is 9.59 Å². The third-order valence-corrected chi connectivity index (χ3v) is 4.24. The first-order valence-corrected chi connectivity index (χ1v) is 6.82. The molecule has 0 aromatic heterocycles. The summed E-state index contributed by atoms with van der Waals surface area (Å²) >= 11 is 0. The molecule has 0 bridgehead atoms. The molecule has 3 nitrogen and oxygen atoms in total. The number of esters is 2. The SMILES string of the molecule is C=C[C@@H]1C[C@H](/C=C/c2ccccc2)[C@@H]2C(=O)OC(=O)[C@@H]21. The van der Waals surface area contributed by atoms with Gasteiger partial charge in [0.25, 0.3) is 0 Å². The van der Waals surface area contributed by atoms with E-state index in [-0.39, 0.29) is 35.6 Å². The van der Waals surface area contributed by atoms with Gasteiger partial charge in [0.05, 0.1) is 11.8 Å². The zero-order valence-electron chi connectivity index (χ0n) is 11.1. The summed E-state index contributed by atoms with van der Waals surface area (Å²) in [7, 11) is 0. The number of benzene rings is 1. The summed E-state index contributed by atoms with van der Waals surface area (Å²) in [5.74, 6) is -1.38.